The van der Waals surface area contributed by atoms with Crippen molar-refractivity contribution < 1.29 is 22.6 Å². The SMILES string of the molecule is C=CC(=O)C(N)(C(=O)C=C)C(C)(C)S(=O)(=O)O. The second-order valence-electron chi connectivity index (χ2n) is 3.93. The van der Waals surface area contributed by atoms with Crippen molar-refractivity contribution in [2.75, 3.05) is 0 Å². The molecule has 17 heavy (non-hydrogen) atoms. The van der Waals surface area contributed by atoms with E-state index in [0.717, 1.165) is 26.0 Å². The molecule has 3 N–H and O–H groups in total. The summed E-state index contributed by atoms with van der Waals surface area (Å²) in [6, 6.07) is 0. The first kappa shape index (κ1) is 15.7. The van der Waals surface area contributed by atoms with Gasteiger partial charge in [0.15, 0.2) is 17.1 Å². The Morgan fingerprint density at radius 3 is 1.65 bits per heavy atom. The number of rotatable bonds is 6. The van der Waals surface area contributed by atoms with Crippen molar-refractivity contribution in [1.82, 2.24) is 0 Å². The van der Waals surface area contributed by atoms with Gasteiger partial charge in [-0.05, 0) is 26.0 Å². The molecule has 0 bridgehead atoms. The number of ketones is 2. The maximum Gasteiger partial charge on any atom is 0.272 e. The summed E-state index contributed by atoms with van der Waals surface area (Å²) in [4.78, 5) is 23.3. The van der Waals surface area contributed by atoms with E-state index in [0.29, 0.717) is 0 Å². The minimum Gasteiger partial charge on any atom is -0.311 e. The minimum atomic E-state index is -4.73. The second kappa shape index (κ2) is 4.52. The predicted octanol–water partition coefficient (Wildman–Crippen LogP) is -0.139. The topological polar surface area (TPSA) is 115 Å². The minimum absolute atomic E-state index is 0.730. The van der Waals surface area contributed by atoms with E-state index in [4.69, 9.17) is 10.3 Å². The molecule has 96 valence electrons. The summed E-state index contributed by atoms with van der Waals surface area (Å²) in [5.74, 6) is -2.02. The third kappa shape index (κ3) is 2.21. The van der Waals surface area contributed by atoms with Gasteiger partial charge in [-0.15, -0.1) is 0 Å². The summed E-state index contributed by atoms with van der Waals surface area (Å²) in [6.45, 7) is 8.25. The van der Waals surface area contributed by atoms with Crippen LogP contribution in [0.15, 0.2) is 25.3 Å². The van der Waals surface area contributed by atoms with Crippen molar-refractivity contribution in [2.24, 2.45) is 5.73 Å². The summed E-state index contributed by atoms with van der Waals surface area (Å²) in [5, 5.41) is 0. The first-order valence-corrected chi connectivity index (χ1v) is 6.00. The van der Waals surface area contributed by atoms with E-state index in [1.807, 2.05) is 0 Å². The molecule has 0 aromatic heterocycles. The van der Waals surface area contributed by atoms with E-state index < -0.39 is 32.0 Å². The number of hydrogen-bond acceptors (Lipinski definition) is 5. The van der Waals surface area contributed by atoms with Crippen molar-refractivity contribution in [3.05, 3.63) is 25.3 Å². The Bertz CT molecular complexity index is 455. The Balaban J connectivity index is 6.18. The molecular formula is C10H15NO5S. The molecule has 0 heterocycles. The molecule has 0 aromatic rings. The van der Waals surface area contributed by atoms with Crippen LogP contribution in [-0.2, 0) is 19.7 Å². The predicted molar refractivity (Wildman–Crippen MR) is 63.0 cm³/mol. The summed E-state index contributed by atoms with van der Waals surface area (Å²) < 4.78 is 29.4. The van der Waals surface area contributed by atoms with Gasteiger partial charge in [0.2, 0.25) is 0 Å². The molecule has 0 unspecified atom stereocenters. The molecular weight excluding hydrogens is 246 g/mol. The van der Waals surface area contributed by atoms with Gasteiger partial charge in [-0.1, -0.05) is 13.2 Å². The van der Waals surface area contributed by atoms with Gasteiger partial charge in [-0.2, -0.15) is 8.42 Å². The van der Waals surface area contributed by atoms with Gasteiger partial charge in [-0.3, -0.25) is 14.1 Å². The molecule has 0 radical (unpaired) electrons. The van der Waals surface area contributed by atoms with Crippen LogP contribution in [-0.4, -0.2) is 34.8 Å². The molecule has 0 aliphatic heterocycles. The molecule has 0 fully saturated rings. The third-order valence-corrected chi connectivity index (χ3v) is 4.35. The van der Waals surface area contributed by atoms with Gasteiger partial charge in [0.1, 0.15) is 4.75 Å². The maximum absolute atomic E-state index is 11.6. The van der Waals surface area contributed by atoms with E-state index in [1.54, 1.807) is 0 Å². The van der Waals surface area contributed by atoms with Gasteiger partial charge < -0.3 is 5.73 Å². The Hall–Kier alpha value is -1.31. The molecule has 0 atom stereocenters. The van der Waals surface area contributed by atoms with Crippen LogP contribution in [0.4, 0.5) is 0 Å². The standard InChI is InChI=1S/C10H15NO5S/c1-5-7(12)10(11,8(13)6-2)9(3,4)17(14,15)16/h5-6H,1-2,11H2,3-4H3,(H,14,15,16). The van der Waals surface area contributed by atoms with Crippen LogP contribution in [0.5, 0.6) is 0 Å². The van der Waals surface area contributed by atoms with Crippen LogP contribution in [0.2, 0.25) is 0 Å². The Kier molecular flexibility index (Phi) is 4.17. The quantitative estimate of drug-likeness (QED) is 0.391. The van der Waals surface area contributed by atoms with E-state index in [9.17, 15) is 18.0 Å². The van der Waals surface area contributed by atoms with E-state index in [-0.39, 0.29) is 0 Å². The van der Waals surface area contributed by atoms with Gasteiger partial charge in [0.25, 0.3) is 10.1 Å². The lowest BCUT2D eigenvalue weighted by Gasteiger charge is -2.37. The molecule has 0 saturated carbocycles. The van der Waals surface area contributed by atoms with Crippen LogP contribution in [0, 0.1) is 0 Å². The van der Waals surface area contributed by atoms with Gasteiger partial charge in [0.05, 0.1) is 0 Å². The summed E-state index contributed by atoms with van der Waals surface area (Å²) in [6.07, 6.45) is 1.46. The first-order chi connectivity index (χ1) is 7.46. The lowest BCUT2D eigenvalue weighted by atomic mass is 9.78. The highest BCUT2D eigenvalue weighted by molar-refractivity contribution is 7.87. The Morgan fingerprint density at radius 1 is 1.18 bits per heavy atom. The van der Waals surface area contributed by atoms with Crippen LogP contribution in [0.1, 0.15) is 13.8 Å². The molecule has 7 heteroatoms. The van der Waals surface area contributed by atoms with Crippen LogP contribution in [0.3, 0.4) is 0 Å². The molecule has 6 nitrogen and oxygen atoms in total. The maximum atomic E-state index is 11.6. The molecule has 0 rings (SSSR count). The van der Waals surface area contributed by atoms with Crippen LogP contribution < -0.4 is 5.73 Å². The van der Waals surface area contributed by atoms with Crippen LogP contribution in [0.25, 0.3) is 0 Å². The average Bonchev–Trinajstić information content (AvgIpc) is 2.23. The van der Waals surface area contributed by atoms with Gasteiger partial charge >= 0.3 is 0 Å². The number of carbonyl (C=O) groups is 2. The normalized spacial score (nSPS) is 12.9. The van der Waals surface area contributed by atoms with Crippen molar-refractivity contribution >= 4 is 21.7 Å². The smallest absolute Gasteiger partial charge is 0.272 e. The number of carbonyl (C=O) groups excluding carboxylic acids is 2. The number of nitrogens with two attached hydrogens (primary N) is 1. The van der Waals surface area contributed by atoms with Gasteiger partial charge in [-0.25, -0.2) is 0 Å². The second-order valence-corrected chi connectivity index (χ2v) is 5.90. The van der Waals surface area contributed by atoms with E-state index in [1.165, 1.54) is 0 Å². The van der Waals surface area contributed by atoms with Crippen LogP contribution >= 0.6 is 0 Å². The van der Waals surface area contributed by atoms with Crippen molar-refractivity contribution in [1.29, 1.82) is 0 Å². The number of hydrogen-bond donors (Lipinski definition) is 2. The Labute approximate surface area is 99.9 Å². The lowest BCUT2D eigenvalue weighted by Crippen LogP contribution is -2.69. The fourth-order valence-electron chi connectivity index (χ4n) is 1.24. The molecule has 0 aliphatic rings. The molecule has 0 aliphatic carbocycles. The Morgan fingerprint density at radius 2 is 1.47 bits per heavy atom. The lowest BCUT2D eigenvalue weighted by molar-refractivity contribution is -0.130. The zero-order chi connectivity index (χ0) is 14.1. The monoisotopic (exact) mass is 261 g/mol. The average molecular weight is 261 g/mol. The third-order valence-electron chi connectivity index (χ3n) is 2.74. The highest BCUT2D eigenvalue weighted by Gasteiger charge is 2.58. The molecule has 0 aromatic carbocycles. The van der Waals surface area contributed by atoms with E-state index in [2.05, 4.69) is 13.2 Å². The zero-order valence-electron chi connectivity index (χ0n) is 9.63. The summed E-state index contributed by atoms with van der Waals surface area (Å²) >= 11 is 0. The summed E-state index contributed by atoms with van der Waals surface area (Å²) in [7, 11) is -4.73. The largest absolute Gasteiger partial charge is 0.311 e. The highest BCUT2D eigenvalue weighted by Crippen LogP contribution is 2.30. The first-order valence-electron chi connectivity index (χ1n) is 4.56. The van der Waals surface area contributed by atoms with Crippen molar-refractivity contribution in [3.8, 4) is 0 Å². The highest BCUT2D eigenvalue weighted by atomic mass is 32.2. The van der Waals surface area contributed by atoms with E-state index >= 15 is 0 Å². The molecule has 0 amide bonds. The van der Waals surface area contributed by atoms with Crippen molar-refractivity contribution in [2.45, 2.75) is 24.1 Å². The fourth-order valence-corrected chi connectivity index (χ4v) is 1.85. The fraction of sp³-hybridized carbons (Fsp3) is 0.400. The van der Waals surface area contributed by atoms with Gasteiger partial charge in [0, 0.05) is 0 Å². The van der Waals surface area contributed by atoms with Crippen molar-refractivity contribution in [3.63, 3.8) is 0 Å². The zero-order valence-corrected chi connectivity index (χ0v) is 10.5. The molecule has 0 saturated heterocycles. The molecule has 0 spiro atoms. The summed E-state index contributed by atoms with van der Waals surface area (Å²) in [5.41, 5.74) is 3.13.